The molecule has 6 heteroatoms. The van der Waals surface area contributed by atoms with Gasteiger partial charge in [-0.15, -0.1) is 5.10 Å². The molecule has 1 atom stereocenters. The zero-order chi connectivity index (χ0) is 18.2. The molecule has 0 aliphatic heterocycles. The molecule has 0 aliphatic carbocycles. The number of hydrogen-bond donors (Lipinski definition) is 2. The number of amides is 1. The van der Waals surface area contributed by atoms with E-state index in [2.05, 4.69) is 39.7 Å². The molecule has 0 aliphatic rings. The standard InChI is InChI=1S/C19H27N5O/c1-5-13(4)18(25)21-15-10-8-9-14(11-15)12-20-19-22-16(6-2)17(7-3)23-24-19/h8-11,13H,5-7,12H2,1-4H3,(H,21,25)(H,20,22,24). The molecule has 6 nitrogen and oxygen atoms in total. The number of nitrogens with zero attached hydrogens (tertiary/aromatic N) is 3. The first-order chi connectivity index (χ1) is 12.1. The molecular formula is C19H27N5O. The van der Waals surface area contributed by atoms with Crippen molar-refractivity contribution in [3.05, 3.63) is 41.2 Å². The van der Waals surface area contributed by atoms with E-state index in [0.717, 1.165) is 41.9 Å². The Bertz CT molecular complexity index is 717. The van der Waals surface area contributed by atoms with Crippen LogP contribution >= 0.6 is 0 Å². The highest BCUT2D eigenvalue weighted by molar-refractivity contribution is 5.92. The van der Waals surface area contributed by atoms with Crippen molar-refractivity contribution in [3.63, 3.8) is 0 Å². The van der Waals surface area contributed by atoms with Gasteiger partial charge in [0, 0.05) is 18.2 Å². The van der Waals surface area contributed by atoms with Crippen molar-refractivity contribution >= 4 is 17.5 Å². The smallest absolute Gasteiger partial charge is 0.243 e. The predicted molar refractivity (Wildman–Crippen MR) is 100 cm³/mol. The van der Waals surface area contributed by atoms with Crippen LogP contribution in [0, 0.1) is 5.92 Å². The van der Waals surface area contributed by atoms with Crippen molar-refractivity contribution in [1.29, 1.82) is 0 Å². The molecule has 0 spiro atoms. The van der Waals surface area contributed by atoms with Crippen molar-refractivity contribution in [2.45, 2.75) is 53.5 Å². The topological polar surface area (TPSA) is 79.8 Å². The number of benzene rings is 1. The molecule has 134 valence electrons. The van der Waals surface area contributed by atoms with Crippen molar-refractivity contribution < 1.29 is 4.79 Å². The molecule has 0 saturated carbocycles. The Kier molecular flexibility index (Phi) is 6.86. The van der Waals surface area contributed by atoms with Crippen LogP contribution < -0.4 is 10.6 Å². The summed E-state index contributed by atoms with van der Waals surface area (Å²) in [5.41, 5.74) is 3.78. The summed E-state index contributed by atoms with van der Waals surface area (Å²) in [6.07, 6.45) is 2.50. The van der Waals surface area contributed by atoms with Crippen LogP contribution in [0.3, 0.4) is 0 Å². The van der Waals surface area contributed by atoms with Gasteiger partial charge in [0.15, 0.2) is 0 Å². The van der Waals surface area contributed by atoms with E-state index in [1.54, 1.807) is 0 Å². The van der Waals surface area contributed by atoms with E-state index in [-0.39, 0.29) is 11.8 Å². The molecule has 1 amide bonds. The van der Waals surface area contributed by atoms with E-state index in [1.807, 2.05) is 38.1 Å². The molecule has 2 rings (SSSR count). The van der Waals surface area contributed by atoms with Crippen molar-refractivity contribution in [2.75, 3.05) is 10.6 Å². The number of rotatable bonds is 8. The van der Waals surface area contributed by atoms with E-state index in [4.69, 9.17) is 0 Å². The highest BCUT2D eigenvalue weighted by Gasteiger charge is 2.11. The van der Waals surface area contributed by atoms with Crippen molar-refractivity contribution in [3.8, 4) is 0 Å². The van der Waals surface area contributed by atoms with Gasteiger partial charge in [-0.25, -0.2) is 4.98 Å². The average molecular weight is 341 g/mol. The van der Waals surface area contributed by atoms with Gasteiger partial charge in [-0.2, -0.15) is 5.10 Å². The highest BCUT2D eigenvalue weighted by Crippen LogP contribution is 2.14. The number of carbonyl (C=O) groups excluding carboxylic acids is 1. The first-order valence-corrected chi connectivity index (χ1v) is 8.93. The third kappa shape index (κ3) is 5.24. The number of aromatic nitrogens is 3. The fraction of sp³-hybridized carbons (Fsp3) is 0.474. The third-order valence-corrected chi connectivity index (χ3v) is 4.21. The van der Waals surface area contributed by atoms with Gasteiger partial charge in [0.25, 0.3) is 0 Å². The maximum absolute atomic E-state index is 12.0. The van der Waals surface area contributed by atoms with Crippen LogP contribution in [0.1, 0.15) is 51.1 Å². The summed E-state index contributed by atoms with van der Waals surface area (Å²) >= 11 is 0. The second kappa shape index (κ2) is 9.11. The lowest BCUT2D eigenvalue weighted by atomic mass is 10.1. The quantitative estimate of drug-likeness (QED) is 0.767. The minimum absolute atomic E-state index is 0.00537. The number of nitrogens with one attached hydrogen (secondary N) is 2. The average Bonchev–Trinajstić information content (AvgIpc) is 2.65. The van der Waals surface area contributed by atoms with Crippen LogP contribution in [-0.2, 0) is 24.2 Å². The number of anilines is 2. The zero-order valence-corrected chi connectivity index (χ0v) is 15.5. The molecule has 25 heavy (non-hydrogen) atoms. The van der Waals surface area contributed by atoms with Gasteiger partial charge in [0.1, 0.15) is 0 Å². The zero-order valence-electron chi connectivity index (χ0n) is 15.5. The summed E-state index contributed by atoms with van der Waals surface area (Å²) in [5, 5.41) is 14.5. The fourth-order valence-corrected chi connectivity index (χ4v) is 2.40. The fourth-order valence-electron chi connectivity index (χ4n) is 2.40. The second-order valence-electron chi connectivity index (χ2n) is 6.09. The van der Waals surface area contributed by atoms with Gasteiger partial charge in [-0.1, -0.05) is 39.8 Å². The predicted octanol–water partition coefficient (Wildman–Crippen LogP) is 3.59. The molecule has 0 bridgehead atoms. The molecule has 2 aromatic rings. The van der Waals surface area contributed by atoms with Crippen LogP contribution in [0.25, 0.3) is 0 Å². The van der Waals surface area contributed by atoms with Gasteiger partial charge < -0.3 is 10.6 Å². The van der Waals surface area contributed by atoms with Gasteiger partial charge in [-0.3, -0.25) is 4.79 Å². The Morgan fingerprint density at radius 2 is 1.88 bits per heavy atom. The minimum atomic E-state index is 0.00537. The first-order valence-electron chi connectivity index (χ1n) is 8.93. The number of carbonyl (C=O) groups is 1. The monoisotopic (exact) mass is 341 g/mol. The largest absolute Gasteiger partial charge is 0.349 e. The van der Waals surface area contributed by atoms with Crippen LogP contribution in [-0.4, -0.2) is 21.1 Å². The summed E-state index contributed by atoms with van der Waals surface area (Å²) in [6, 6.07) is 7.79. The number of hydrogen-bond acceptors (Lipinski definition) is 5. The lowest BCUT2D eigenvalue weighted by Crippen LogP contribution is -2.19. The molecular weight excluding hydrogens is 314 g/mol. The first kappa shape index (κ1) is 18.8. The molecule has 0 saturated heterocycles. The highest BCUT2D eigenvalue weighted by atomic mass is 16.1. The minimum Gasteiger partial charge on any atom is -0.349 e. The van der Waals surface area contributed by atoms with E-state index >= 15 is 0 Å². The van der Waals surface area contributed by atoms with Gasteiger partial charge in [0.2, 0.25) is 11.9 Å². The molecule has 1 aromatic heterocycles. The summed E-state index contributed by atoms with van der Waals surface area (Å²) in [7, 11) is 0. The Balaban J connectivity index is 2.01. The summed E-state index contributed by atoms with van der Waals surface area (Å²) in [6.45, 7) is 8.63. The van der Waals surface area contributed by atoms with Crippen LogP contribution in [0.2, 0.25) is 0 Å². The van der Waals surface area contributed by atoms with Crippen molar-refractivity contribution in [1.82, 2.24) is 15.2 Å². The van der Waals surface area contributed by atoms with Crippen molar-refractivity contribution in [2.24, 2.45) is 5.92 Å². The summed E-state index contributed by atoms with van der Waals surface area (Å²) < 4.78 is 0. The molecule has 1 unspecified atom stereocenters. The van der Waals surface area contributed by atoms with E-state index in [9.17, 15) is 4.79 Å². The summed E-state index contributed by atoms with van der Waals surface area (Å²) in [5.74, 6) is 0.580. The molecule has 0 fully saturated rings. The second-order valence-corrected chi connectivity index (χ2v) is 6.09. The van der Waals surface area contributed by atoms with Crippen LogP contribution in [0.4, 0.5) is 11.6 Å². The Morgan fingerprint density at radius 3 is 2.56 bits per heavy atom. The number of aryl methyl sites for hydroxylation is 2. The van der Waals surface area contributed by atoms with Gasteiger partial charge in [-0.05, 0) is 37.0 Å². The molecule has 1 aromatic carbocycles. The lowest BCUT2D eigenvalue weighted by molar-refractivity contribution is -0.119. The van der Waals surface area contributed by atoms with Crippen LogP contribution in [0.15, 0.2) is 24.3 Å². The molecule has 2 N–H and O–H groups in total. The van der Waals surface area contributed by atoms with E-state index < -0.39 is 0 Å². The Labute approximate surface area is 149 Å². The maximum atomic E-state index is 12.0. The van der Waals surface area contributed by atoms with Gasteiger partial charge >= 0.3 is 0 Å². The SMILES string of the molecule is CCc1nnc(NCc2cccc(NC(=O)C(C)CC)c2)nc1CC. The van der Waals surface area contributed by atoms with E-state index in [1.165, 1.54) is 0 Å². The molecule has 1 heterocycles. The van der Waals surface area contributed by atoms with Crippen LogP contribution in [0.5, 0.6) is 0 Å². The third-order valence-electron chi connectivity index (χ3n) is 4.21. The summed E-state index contributed by atoms with van der Waals surface area (Å²) in [4.78, 5) is 16.5. The Morgan fingerprint density at radius 1 is 1.12 bits per heavy atom. The maximum Gasteiger partial charge on any atom is 0.243 e. The van der Waals surface area contributed by atoms with Gasteiger partial charge in [0.05, 0.1) is 11.4 Å². The normalized spacial score (nSPS) is 11.8. The van der Waals surface area contributed by atoms with E-state index in [0.29, 0.717) is 12.5 Å². The Hall–Kier alpha value is -2.50. The molecule has 0 radical (unpaired) electrons. The lowest BCUT2D eigenvalue weighted by Gasteiger charge is -2.12.